The third-order valence-corrected chi connectivity index (χ3v) is 3.88. The molecule has 1 aromatic heterocycles. The second-order valence-electron chi connectivity index (χ2n) is 3.57. The molecule has 1 aliphatic rings. The van der Waals surface area contributed by atoms with Gasteiger partial charge in [-0.15, -0.1) is 0 Å². The summed E-state index contributed by atoms with van der Waals surface area (Å²) >= 11 is 2.08. The standard InChI is InChI=1S/C9H16N4S/c1-13-9(11-7-12-13)6-10-5-8-3-2-4-14-8/h7-8,10H,2-6H2,1H3. The Hall–Kier alpha value is -0.550. The first-order valence-electron chi connectivity index (χ1n) is 5.01. The summed E-state index contributed by atoms with van der Waals surface area (Å²) in [5.41, 5.74) is 0. The summed E-state index contributed by atoms with van der Waals surface area (Å²) in [5.74, 6) is 2.34. The normalized spacial score (nSPS) is 21.6. The Balaban J connectivity index is 1.70. The Kier molecular flexibility index (Phi) is 3.42. The fourth-order valence-corrected chi connectivity index (χ4v) is 2.87. The van der Waals surface area contributed by atoms with Crippen LogP contribution in [0, 0.1) is 0 Å². The van der Waals surface area contributed by atoms with Crippen molar-refractivity contribution in [2.24, 2.45) is 7.05 Å². The zero-order valence-electron chi connectivity index (χ0n) is 8.44. The topological polar surface area (TPSA) is 42.7 Å². The molecule has 0 spiro atoms. The van der Waals surface area contributed by atoms with Crippen LogP contribution >= 0.6 is 11.8 Å². The lowest BCUT2D eigenvalue weighted by atomic mass is 10.2. The number of aromatic nitrogens is 3. The third-order valence-electron chi connectivity index (χ3n) is 2.48. The van der Waals surface area contributed by atoms with E-state index >= 15 is 0 Å². The molecule has 1 N–H and O–H groups in total. The Morgan fingerprint density at radius 3 is 3.29 bits per heavy atom. The quantitative estimate of drug-likeness (QED) is 0.801. The maximum atomic E-state index is 4.16. The number of nitrogens with zero attached hydrogens (tertiary/aromatic N) is 3. The Labute approximate surface area is 88.5 Å². The Bertz CT molecular complexity index is 280. The Morgan fingerprint density at radius 2 is 2.64 bits per heavy atom. The molecule has 1 aliphatic heterocycles. The van der Waals surface area contributed by atoms with Gasteiger partial charge in [0.1, 0.15) is 12.2 Å². The maximum absolute atomic E-state index is 4.16. The molecule has 1 saturated heterocycles. The number of thioether (sulfide) groups is 1. The van der Waals surface area contributed by atoms with Gasteiger partial charge in [-0.3, -0.25) is 4.68 Å². The molecule has 5 heteroatoms. The van der Waals surface area contributed by atoms with E-state index in [9.17, 15) is 0 Å². The van der Waals surface area contributed by atoms with Gasteiger partial charge in [0.25, 0.3) is 0 Å². The summed E-state index contributed by atoms with van der Waals surface area (Å²) in [6, 6.07) is 0. The molecule has 1 unspecified atom stereocenters. The van der Waals surface area contributed by atoms with Crippen LogP contribution < -0.4 is 5.32 Å². The minimum absolute atomic E-state index is 0.809. The van der Waals surface area contributed by atoms with Gasteiger partial charge in [-0.05, 0) is 18.6 Å². The van der Waals surface area contributed by atoms with Crippen molar-refractivity contribution in [1.29, 1.82) is 0 Å². The monoisotopic (exact) mass is 212 g/mol. The molecule has 0 radical (unpaired) electrons. The molecule has 0 bridgehead atoms. The molecular weight excluding hydrogens is 196 g/mol. The summed E-state index contributed by atoms with van der Waals surface area (Å²) in [6.45, 7) is 1.92. The average molecular weight is 212 g/mol. The van der Waals surface area contributed by atoms with Crippen molar-refractivity contribution in [1.82, 2.24) is 20.1 Å². The maximum Gasteiger partial charge on any atom is 0.140 e. The lowest BCUT2D eigenvalue weighted by Gasteiger charge is -2.09. The van der Waals surface area contributed by atoms with Crippen LogP contribution in [0.2, 0.25) is 0 Å². The van der Waals surface area contributed by atoms with E-state index in [4.69, 9.17) is 0 Å². The van der Waals surface area contributed by atoms with Crippen molar-refractivity contribution in [3.8, 4) is 0 Å². The van der Waals surface area contributed by atoms with Crippen LogP contribution in [0.25, 0.3) is 0 Å². The fraction of sp³-hybridized carbons (Fsp3) is 0.778. The molecule has 1 atom stereocenters. The fourth-order valence-electron chi connectivity index (χ4n) is 1.63. The molecule has 14 heavy (non-hydrogen) atoms. The summed E-state index contributed by atoms with van der Waals surface area (Å²) < 4.78 is 1.81. The predicted molar refractivity (Wildman–Crippen MR) is 58.2 cm³/mol. The van der Waals surface area contributed by atoms with Gasteiger partial charge in [-0.1, -0.05) is 0 Å². The van der Waals surface area contributed by atoms with Gasteiger partial charge in [0.2, 0.25) is 0 Å². The zero-order valence-corrected chi connectivity index (χ0v) is 9.26. The highest BCUT2D eigenvalue weighted by Crippen LogP contribution is 2.25. The second kappa shape index (κ2) is 4.79. The van der Waals surface area contributed by atoms with Crippen LogP contribution in [0.15, 0.2) is 6.33 Å². The first-order valence-corrected chi connectivity index (χ1v) is 6.06. The number of hydrogen-bond acceptors (Lipinski definition) is 4. The van der Waals surface area contributed by atoms with Gasteiger partial charge < -0.3 is 5.32 Å². The molecule has 0 saturated carbocycles. The lowest BCUT2D eigenvalue weighted by Crippen LogP contribution is -2.24. The predicted octanol–water partition coefficient (Wildman–Crippen LogP) is 0.800. The van der Waals surface area contributed by atoms with E-state index in [2.05, 4.69) is 27.2 Å². The third kappa shape index (κ3) is 2.48. The number of nitrogens with one attached hydrogen (secondary N) is 1. The van der Waals surface area contributed by atoms with Gasteiger partial charge in [0.05, 0.1) is 6.54 Å². The molecule has 0 amide bonds. The van der Waals surface area contributed by atoms with E-state index in [1.807, 2.05) is 11.7 Å². The van der Waals surface area contributed by atoms with E-state index in [0.29, 0.717) is 0 Å². The van der Waals surface area contributed by atoms with Crippen molar-refractivity contribution < 1.29 is 0 Å². The first-order chi connectivity index (χ1) is 6.86. The van der Waals surface area contributed by atoms with E-state index in [-0.39, 0.29) is 0 Å². The smallest absolute Gasteiger partial charge is 0.140 e. The lowest BCUT2D eigenvalue weighted by molar-refractivity contribution is 0.597. The highest BCUT2D eigenvalue weighted by molar-refractivity contribution is 8.00. The summed E-state index contributed by atoms with van der Waals surface area (Å²) in [6.07, 6.45) is 4.33. The first kappa shape index (κ1) is 9.98. The molecule has 1 aromatic rings. The van der Waals surface area contributed by atoms with Crippen LogP contribution in [0.3, 0.4) is 0 Å². The summed E-state index contributed by atoms with van der Waals surface area (Å²) in [5, 5.41) is 8.26. The van der Waals surface area contributed by atoms with Gasteiger partial charge in [-0.25, -0.2) is 4.98 Å². The van der Waals surface area contributed by atoms with E-state index in [0.717, 1.165) is 24.2 Å². The van der Waals surface area contributed by atoms with E-state index in [1.165, 1.54) is 18.6 Å². The molecule has 2 rings (SSSR count). The van der Waals surface area contributed by atoms with Crippen molar-refractivity contribution in [2.45, 2.75) is 24.6 Å². The van der Waals surface area contributed by atoms with Gasteiger partial charge in [0.15, 0.2) is 0 Å². The summed E-state index contributed by atoms with van der Waals surface area (Å²) in [4.78, 5) is 4.16. The van der Waals surface area contributed by atoms with E-state index < -0.39 is 0 Å². The average Bonchev–Trinajstić information content (AvgIpc) is 2.78. The number of aryl methyl sites for hydroxylation is 1. The SMILES string of the molecule is Cn1ncnc1CNCC1CCCS1. The van der Waals surface area contributed by atoms with Crippen LogP contribution in [0.1, 0.15) is 18.7 Å². The molecule has 1 fully saturated rings. The molecular formula is C9H16N4S. The highest BCUT2D eigenvalue weighted by Gasteiger charge is 2.14. The molecule has 78 valence electrons. The molecule has 4 nitrogen and oxygen atoms in total. The Morgan fingerprint density at radius 1 is 1.71 bits per heavy atom. The number of hydrogen-bond donors (Lipinski definition) is 1. The second-order valence-corrected chi connectivity index (χ2v) is 4.97. The number of rotatable bonds is 4. The zero-order chi connectivity index (χ0) is 9.80. The van der Waals surface area contributed by atoms with Crippen LogP contribution in [-0.2, 0) is 13.6 Å². The summed E-state index contributed by atoms with van der Waals surface area (Å²) in [7, 11) is 1.92. The van der Waals surface area contributed by atoms with Gasteiger partial charge in [0, 0.05) is 18.8 Å². The minimum atomic E-state index is 0.809. The van der Waals surface area contributed by atoms with Gasteiger partial charge >= 0.3 is 0 Å². The van der Waals surface area contributed by atoms with Gasteiger partial charge in [-0.2, -0.15) is 16.9 Å². The van der Waals surface area contributed by atoms with Crippen molar-refractivity contribution in [3.63, 3.8) is 0 Å². The highest BCUT2D eigenvalue weighted by atomic mass is 32.2. The largest absolute Gasteiger partial charge is 0.309 e. The molecule has 2 heterocycles. The van der Waals surface area contributed by atoms with Crippen molar-refractivity contribution in [2.75, 3.05) is 12.3 Å². The van der Waals surface area contributed by atoms with Crippen LogP contribution in [0.4, 0.5) is 0 Å². The molecule has 0 aliphatic carbocycles. The van der Waals surface area contributed by atoms with Crippen molar-refractivity contribution >= 4 is 11.8 Å². The molecule has 0 aromatic carbocycles. The van der Waals surface area contributed by atoms with E-state index in [1.54, 1.807) is 6.33 Å². The van der Waals surface area contributed by atoms with Crippen LogP contribution in [0.5, 0.6) is 0 Å². The van der Waals surface area contributed by atoms with Crippen molar-refractivity contribution in [3.05, 3.63) is 12.2 Å². The minimum Gasteiger partial charge on any atom is -0.309 e. The van der Waals surface area contributed by atoms with Crippen LogP contribution in [-0.4, -0.2) is 32.3 Å².